The summed E-state index contributed by atoms with van der Waals surface area (Å²) in [7, 11) is 2.91. The minimum absolute atomic E-state index is 0.00155. The number of nitrogens with one attached hydrogen (secondary N) is 1. The van der Waals surface area contributed by atoms with Crippen molar-refractivity contribution in [2.75, 3.05) is 33.9 Å². The van der Waals surface area contributed by atoms with Crippen LogP contribution in [0.1, 0.15) is 7.79 Å². The number of nitrogens with zero attached hydrogens (tertiary/aromatic N) is 7. The van der Waals surface area contributed by atoms with Gasteiger partial charge in [0.15, 0.2) is 5.82 Å². The minimum atomic E-state index is -3.08. The zero-order valence-corrected chi connectivity index (χ0v) is 18.4. The quantitative estimate of drug-likeness (QED) is 0.445. The number of ether oxygens (including phenoxy) is 1. The minimum Gasteiger partial charge on any atom is -0.479 e. The number of fused-ring (bicyclic) bond motifs is 2. The molecule has 9 nitrogen and oxygen atoms in total. The Morgan fingerprint density at radius 3 is 2.94 bits per heavy atom. The van der Waals surface area contributed by atoms with Gasteiger partial charge in [-0.3, -0.25) is 9.61 Å². The molecule has 1 saturated heterocycles. The number of piperidine rings is 1. The van der Waals surface area contributed by atoms with Crippen LogP contribution in [0.2, 0.25) is 0 Å². The van der Waals surface area contributed by atoms with Gasteiger partial charge in [0.25, 0.3) is 5.92 Å². The van der Waals surface area contributed by atoms with E-state index >= 15 is 4.39 Å². The Labute approximate surface area is 192 Å². The predicted octanol–water partition coefficient (Wildman–Crippen LogP) is 2.43. The number of alkyl halides is 3. The van der Waals surface area contributed by atoms with E-state index in [1.807, 2.05) is 0 Å². The highest BCUT2D eigenvalue weighted by Crippen LogP contribution is 2.34. The Bertz CT molecular complexity index is 1480. The van der Waals surface area contributed by atoms with E-state index in [4.69, 9.17) is 6.11 Å². The third-order valence-electron chi connectivity index (χ3n) is 5.83. The van der Waals surface area contributed by atoms with E-state index in [0.29, 0.717) is 23.1 Å². The molecule has 1 aliphatic heterocycles. The van der Waals surface area contributed by atoms with Gasteiger partial charge in [-0.05, 0) is 31.2 Å². The van der Waals surface area contributed by atoms with Crippen molar-refractivity contribution in [3.8, 4) is 17.0 Å². The average molecular weight is 479 g/mol. The van der Waals surface area contributed by atoms with Gasteiger partial charge in [-0.25, -0.2) is 27.2 Å². The molecule has 0 radical (unpaired) electrons. The molecule has 1 atom stereocenters. The van der Waals surface area contributed by atoms with Crippen molar-refractivity contribution in [1.29, 1.82) is 0 Å². The Hall–Kier alpha value is -3.48. The van der Waals surface area contributed by atoms with Gasteiger partial charge < -0.3 is 9.64 Å². The maximum atomic E-state index is 15.4. The van der Waals surface area contributed by atoms with Gasteiger partial charge in [-0.15, -0.1) is 5.10 Å². The predicted molar refractivity (Wildman–Crippen MR) is 115 cm³/mol. The highest BCUT2D eigenvalue weighted by molar-refractivity contribution is 5.89. The van der Waals surface area contributed by atoms with Crippen LogP contribution in [0.3, 0.4) is 0 Å². The molecule has 0 aliphatic carbocycles. The molecule has 4 aromatic rings. The Balaban J connectivity index is 1.68. The van der Waals surface area contributed by atoms with E-state index in [2.05, 4.69) is 25.4 Å². The fourth-order valence-electron chi connectivity index (χ4n) is 4.22. The van der Waals surface area contributed by atoms with E-state index in [9.17, 15) is 13.2 Å². The molecule has 4 heterocycles. The zero-order chi connectivity index (χ0) is 24.9. The molecule has 180 valence electrons. The number of benzene rings is 1. The molecule has 0 amide bonds. The van der Waals surface area contributed by atoms with Crippen LogP contribution in [0.15, 0.2) is 29.4 Å². The lowest BCUT2D eigenvalue weighted by Crippen LogP contribution is -2.50. The maximum absolute atomic E-state index is 15.4. The number of aromatic nitrogens is 6. The van der Waals surface area contributed by atoms with Gasteiger partial charge in [0.05, 0.1) is 38.8 Å². The second kappa shape index (κ2) is 8.38. The number of rotatable bonds is 5. The molecule has 13 heteroatoms. The topological polar surface area (TPSA) is 88.6 Å². The fourth-order valence-corrected chi connectivity index (χ4v) is 4.22. The third kappa shape index (κ3) is 3.79. The Kier molecular flexibility index (Phi) is 5.20. The number of methoxy groups -OCH3 is 1. The highest BCUT2D eigenvalue weighted by atomic mass is 19.3. The van der Waals surface area contributed by atoms with Crippen LogP contribution in [-0.4, -0.2) is 80.4 Å². The van der Waals surface area contributed by atoms with Crippen molar-refractivity contribution < 1.29 is 23.7 Å². The van der Waals surface area contributed by atoms with Gasteiger partial charge in [-0.1, -0.05) is 11.3 Å². The van der Waals surface area contributed by atoms with Crippen LogP contribution in [0.5, 0.6) is 5.88 Å². The van der Waals surface area contributed by atoms with Crippen LogP contribution in [-0.2, 0) is 6.54 Å². The second-order valence-electron chi connectivity index (χ2n) is 8.18. The number of likely N-dealkylation sites (tertiary alicyclic amines) is 1. The highest BCUT2D eigenvalue weighted by Gasteiger charge is 2.43. The molecule has 1 unspecified atom stereocenters. The van der Waals surface area contributed by atoms with E-state index in [1.54, 1.807) is 25.2 Å². The summed E-state index contributed by atoms with van der Waals surface area (Å²) >= 11 is 0. The van der Waals surface area contributed by atoms with Gasteiger partial charge in [0.1, 0.15) is 23.7 Å². The molecule has 3 aromatic heterocycles. The van der Waals surface area contributed by atoms with E-state index in [-0.39, 0.29) is 35.5 Å². The molecular weight excluding hydrogens is 456 g/mol. The first-order valence-corrected chi connectivity index (χ1v) is 10.6. The number of halogens is 4. The molecule has 5 rings (SSSR count). The Morgan fingerprint density at radius 1 is 1.38 bits per heavy atom. The summed E-state index contributed by atoms with van der Waals surface area (Å²) in [4.78, 5) is 9.80. The van der Waals surface area contributed by atoms with E-state index in [0.717, 1.165) is 4.52 Å². The lowest BCUT2D eigenvalue weighted by Gasteiger charge is -2.33. The monoisotopic (exact) mass is 479 g/mol. The van der Waals surface area contributed by atoms with Gasteiger partial charge in [-0.2, -0.15) is 4.98 Å². The largest absolute Gasteiger partial charge is 0.479 e. The van der Waals surface area contributed by atoms with Crippen molar-refractivity contribution in [1.82, 2.24) is 34.5 Å². The fraction of sp³-hybridized carbons (Fsp3) is 0.429. The summed E-state index contributed by atoms with van der Waals surface area (Å²) in [5, 5.41) is 10.5. The lowest BCUT2D eigenvalue weighted by atomic mass is 10.0. The van der Waals surface area contributed by atoms with Crippen molar-refractivity contribution >= 4 is 16.6 Å². The first kappa shape index (κ1) is 21.1. The van der Waals surface area contributed by atoms with Gasteiger partial charge >= 0.3 is 0 Å². The summed E-state index contributed by atoms with van der Waals surface area (Å²) in [6.45, 7) is -0.680. The van der Waals surface area contributed by atoms with Crippen molar-refractivity contribution in [2.45, 2.75) is 24.9 Å². The first-order chi connectivity index (χ1) is 16.7. The average Bonchev–Trinajstić information content (AvgIpc) is 3.33. The number of aryl methyl sites for hydroxylation is 1. The van der Waals surface area contributed by atoms with Gasteiger partial charge in [0, 0.05) is 6.54 Å². The molecular formula is C21H22F4N8O. The molecule has 1 aromatic carbocycles. The second-order valence-corrected chi connectivity index (χ2v) is 8.18. The summed E-state index contributed by atoms with van der Waals surface area (Å²) in [6.07, 6.45) is -0.447. The lowest BCUT2D eigenvalue weighted by molar-refractivity contribution is -0.0738. The summed E-state index contributed by atoms with van der Waals surface area (Å²) in [5.74, 6) is -4.05. The molecule has 0 bridgehead atoms. The summed E-state index contributed by atoms with van der Waals surface area (Å²) in [6, 6.07) is 3.45. The maximum Gasteiger partial charge on any atom is 0.282 e. The van der Waals surface area contributed by atoms with Crippen LogP contribution >= 0.6 is 0 Å². The van der Waals surface area contributed by atoms with E-state index < -0.39 is 37.2 Å². The summed E-state index contributed by atoms with van der Waals surface area (Å²) < 4.78 is 73.4. The molecule has 0 saturated carbocycles. The van der Waals surface area contributed by atoms with Crippen LogP contribution in [0, 0.1) is 5.82 Å². The van der Waals surface area contributed by atoms with Crippen LogP contribution < -0.4 is 10.4 Å². The van der Waals surface area contributed by atoms with E-state index in [1.165, 1.54) is 16.7 Å². The zero-order valence-electron chi connectivity index (χ0n) is 19.4. The summed E-state index contributed by atoms with van der Waals surface area (Å²) in [5.41, 5.74) is 1.22. The number of hydrogen-bond donors (Lipinski definition) is 1. The number of aromatic amines is 1. The molecule has 1 fully saturated rings. The first-order valence-electron chi connectivity index (χ1n) is 11.1. The molecule has 1 N–H and O–H groups in total. The van der Waals surface area contributed by atoms with Crippen molar-refractivity contribution in [3.05, 3.63) is 35.8 Å². The molecule has 34 heavy (non-hydrogen) atoms. The van der Waals surface area contributed by atoms with Crippen molar-refractivity contribution in [3.63, 3.8) is 0 Å². The SMILES string of the molecule is [2H]c1c(F)c(-c2ccc3nnn(CCF)c3c2)c2c(OC)nc(=NC3CCN(C)CC3(F)F)[nH]n12. The van der Waals surface area contributed by atoms with Crippen LogP contribution in [0.4, 0.5) is 17.6 Å². The number of hydrogen-bond acceptors (Lipinski definition) is 6. The van der Waals surface area contributed by atoms with Gasteiger partial charge in [0.2, 0.25) is 11.5 Å². The number of H-pyrrole nitrogens is 1. The Morgan fingerprint density at radius 2 is 2.21 bits per heavy atom. The van der Waals surface area contributed by atoms with Crippen molar-refractivity contribution in [2.24, 2.45) is 4.99 Å². The smallest absolute Gasteiger partial charge is 0.282 e. The third-order valence-corrected chi connectivity index (χ3v) is 5.83. The van der Waals surface area contributed by atoms with Crippen LogP contribution in [0.25, 0.3) is 27.7 Å². The normalized spacial score (nSPS) is 19.8. The molecule has 0 spiro atoms. The standard InChI is InChI=1S/C21H22F4N8O/c1-31-7-5-16(21(24,25)11-31)26-20-27-19(34-2)18-17(13(23)10-33(18)29-20)12-3-4-14-15(9-12)32(8-6-22)30-28-14/h3-4,9-10,16H,5-8,11H2,1-2H3,(H,26,29)/i10D. The molecule has 1 aliphatic rings.